The molecule has 0 atom stereocenters. The van der Waals surface area contributed by atoms with E-state index in [1.54, 1.807) is 13.8 Å². The number of carbonyl (C=O) groups is 2. The Kier molecular flexibility index (Phi) is 7.27. The summed E-state index contributed by atoms with van der Waals surface area (Å²) in [6, 6.07) is 4.00. The number of rotatable bonds is 6. The maximum atomic E-state index is 12.6. The number of sulfonamides is 1. The first kappa shape index (κ1) is 19.7. The lowest BCUT2D eigenvalue weighted by Crippen LogP contribution is -2.42. The van der Waals surface area contributed by atoms with Gasteiger partial charge in [-0.1, -0.05) is 30.1 Å². The van der Waals surface area contributed by atoms with Crippen LogP contribution in [0.3, 0.4) is 0 Å². The zero-order chi connectivity index (χ0) is 17.6. The summed E-state index contributed by atoms with van der Waals surface area (Å²) in [6.45, 7) is 2.66. The summed E-state index contributed by atoms with van der Waals surface area (Å²) in [7, 11) is -4.04. The van der Waals surface area contributed by atoms with E-state index in [4.69, 9.17) is 23.2 Å². The van der Waals surface area contributed by atoms with Crippen LogP contribution in [0.2, 0.25) is 10.0 Å². The summed E-state index contributed by atoms with van der Waals surface area (Å²) < 4.78 is 30.6. The van der Waals surface area contributed by atoms with Crippen LogP contribution in [-0.4, -0.2) is 44.4 Å². The topological polar surface area (TPSA) is 92.8 Å². The number of benzene rings is 1. The molecule has 2 amide bonds. The molecule has 1 N–H and O–H groups in total. The van der Waals surface area contributed by atoms with E-state index < -0.39 is 28.6 Å². The molecule has 0 aromatic heterocycles. The van der Waals surface area contributed by atoms with E-state index in [-0.39, 0.29) is 28.1 Å². The van der Waals surface area contributed by atoms with Gasteiger partial charge in [0.1, 0.15) is 4.90 Å². The normalized spacial score (nSPS) is 11.3. The molecule has 23 heavy (non-hydrogen) atoms. The molecule has 0 saturated carbocycles. The van der Waals surface area contributed by atoms with Crippen LogP contribution in [0.25, 0.3) is 0 Å². The highest BCUT2D eigenvalue weighted by atomic mass is 35.5. The first-order valence-corrected chi connectivity index (χ1v) is 8.83. The summed E-state index contributed by atoms with van der Waals surface area (Å²) in [5, 5.41) is 2.11. The molecule has 0 radical (unpaired) electrons. The first-order chi connectivity index (χ1) is 10.7. The van der Waals surface area contributed by atoms with Crippen molar-refractivity contribution < 1.29 is 22.7 Å². The zero-order valence-electron chi connectivity index (χ0n) is 12.5. The van der Waals surface area contributed by atoms with Gasteiger partial charge in [-0.25, -0.2) is 13.2 Å². The Labute approximate surface area is 144 Å². The second kappa shape index (κ2) is 8.49. The molecule has 0 saturated heterocycles. The molecule has 1 aromatic rings. The van der Waals surface area contributed by atoms with E-state index in [0.717, 1.165) is 4.31 Å². The Morgan fingerprint density at radius 2 is 1.91 bits per heavy atom. The van der Waals surface area contributed by atoms with Crippen LogP contribution in [0.5, 0.6) is 0 Å². The lowest BCUT2D eigenvalue weighted by molar-refractivity contribution is -0.120. The second-order valence-corrected chi connectivity index (χ2v) is 7.02. The molecule has 1 rings (SSSR count). The number of likely N-dealkylation sites (N-methyl/N-ethyl adjacent to an activating group) is 1. The molecule has 0 unspecified atom stereocenters. The number of nitrogens with one attached hydrogen (secondary N) is 1. The highest BCUT2D eigenvalue weighted by molar-refractivity contribution is 7.89. The monoisotopic (exact) mass is 382 g/mol. The molecule has 0 aliphatic heterocycles. The molecule has 1 aromatic carbocycles. The highest BCUT2D eigenvalue weighted by Crippen LogP contribution is 2.27. The number of alkyl carbamates (subject to hydrolysis) is 1. The third-order valence-corrected chi connectivity index (χ3v) is 5.34. The van der Waals surface area contributed by atoms with Gasteiger partial charge in [0, 0.05) is 11.6 Å². The summed E-state index contributed by atoms with van der Waals surface area (Å²) >= 11 is 11.7. The van der Waals surface area contributed by atoms with Crippen molar-refractivity contribution in [2.24, 2.45) is 0 Å². The van der Waals surface area contributed by atoms with Gasteiger partial charge in [0.2, 0.25) is 15.9 Å². The van der Waals surface area contributed by atoms with E-state index in [0.29, 0.717) is 0 Å². The molecule has 128 valence electrons. The summed E-state index contributed by atoms with van der Waals surface area (Å²) in [6.07, 6.45) is -0.938. The van der Waals surface area contributed by atoms with Gasteiger partial charge < -0.3 is 4.74 Å². The Bertz CT molecular complexity index is 694. The molecule has 0 bridgehead atoms. The second-order valence-electron chi connectivity index (χ2n) is 4.27. The van der Waals surface area contributed by atoms with Gasteiger partial charge in [0.05, 0.1) is 18.2 Å². The average molecular weight is 383 g/mol. The summed E-state index contributed by atoms with van der Waals surface area (Å²) in [4.78, 5) is 22.7. The van der Waals surface area contributed by atoms with Crippen LogP contribution in [0.4, 0.5) is 4.79 Å². The molecule has 10 heteroatoms. The third kappa shape index (κ3) is 5.35. The van der Waals surface area contributed by atoms with Crippen molar-refractivity contribution in [3.63, 3.8) is 0 Å². The minimum Gasteiger partial charge on any atom is -0.450 e. The SMILES string of the molecule is CCOC(=O)NC(=O)CN(CC)S(=O)(=O)c1cc(Cl)ccc1Cl. The molecular formula is C13H16Cl2N2O5S. The van der Waals surface area contributed by atoms with Gasteiger partial charge in [-0.05, 0) is 25.1 Å². The van der Waals surface area contributed by atoms with Gasteiger partial charge in [0.15, 0.2) is 0 Å². The van der Waals surface area contributed by atoms with E-state index in [9.17, 15) is 18.0 Å². The number of hydrogen-bond donors (Lipinski definition) is 1. The molecule has 0 aliphatic carbocycles. The standard InChI is InChI=1S/C13H16Cl2N2O5S/c1-3-17(8-12(18)16-13(19)22-4-2)23(20,21)11-7-9(14)5-6-10(11)15/h5-7H,3-4,8H2,1-2H3,(H,16,18,19). The minimum absolute atomic E-state index is 0.00141. The number of halogens is 2. The van der Waals surface area contributed by atoms with Crippen LogP contribution in [0.1, 0.15) is 13.8 Å². The van der Waals surface area contributed by atoms with Crippen molar-refractivity contribution >= 4 is 45.2 Å². The van der Waals surface area contributed by atoms with E-state index in [1.807, 2.05) is 5.32 Å². The maximum Gasteiger partial charge on any atom is 0.413 e. The first-order valence-electron chi connectivity index (χ1n) is 6.64. The summed E-state index contributed by atoms with van der Waals surface area (Å²) in [5.74, 6) is -0.813. The van der Waals surface area contributed by atoms with Gasteiger partial charge in [-0.2, -0.15) is 4.31 Å². The predicted octanol–water partition coefficient (Wildman–Crippen LogP) is 2.28. The van der Waals surface area contributed by atoms with Crippen molar-refractivity contribution in [1.29, 1.82) is 0 Å². The van der Waals surface area contributed by atoms with Gasteiger partial charge in [0.25, 0.3) is 0 Å². The van der Waals surface area contributed by atoms with Crippen LogP contribution in [0.15, 0.2) is 23.1 Å². The molecule has 7 nitrogen and oxygen atoms in total. The predicted molar refractivity (Wildman–Crippen MR) is 86.1 cm³/mol. The smallest absolute Gasteiger partial charge is 0.413 e. The van der Waals surface area contributed by atoms with Gasteiger partial charge >= 0.3 is 6.09 Å². The van der Waals surface area contributed by atoms with Crippen molar-refractivity contribution in [2.45, 2.75) is 18.7 Å². The number of carbonyl (C=O) groups excluding carboxylic acids is 2. The maximum absolute atomic E-state index is 12.6. The fourth-order valence-electron chi connectivity index (χ4n) is 1.66. The molecular weight excluding hydrogens is 367 g/mol. The third-order valence-electron chi connectivity index (χ3n) is 2.70. The number of amides is 2. The molecule has 0 aliphatic rings. The number of hydrogen-bond acceptors (Lipinski definition) is 5. The molecule has 0 spiro atoms. The Balaban J connectivity index is 2.97. The number of imide groups is 1. The minimum atomic E-state index is -4.04. The number of nitrogens with zero attached hydrogens (tertiary/aromatic N) is 1. The van der Waals surface area contributed by atoms with Crippen LogP contribution in [-0.2, 0) is 19.6 Å². The van der Waals surface area contributed by atoms with Crippen molar-refractivity contribution in [3.05, 3.63) is 28.2 Å². The Hall–Kier alpha value is -1.35. The van der Waals surface area contributed by atoms with Gasteiger partial charge in [-0.15, -0.1) is 0 Å². The largest absolute Gasteiger partial charge is 0.450 e. The van der Waals surface area contributed by atoms with Crippen molar-refractivity contribution in [3.8, 4) is 0 Å². The van der Waals surface area contributed by atoms with Gasteiger partial charge in [-0.3, -0.25) is 10.1 Å². The highest BCUT2D eigenvalue weighted by Gasteiger charge is 2.28. The van der Waals surface area contributed by atoms with E-state index >= 15 is 0 Å². The lowest BCUT2D eigenvalue weighted by atomic mass is 10.4. The molecule has 0 heterocycles. The van der Waals surface area contributed by atoms with E-state index in [2.05, 4.69) is 4.74 Å². The van der Waals surface area contributed by atoms with Crippen molar-refractivity contribution in [1.82, 2.24) is 9.62 Å². The lowest BCUT2D eigenvalue weighted by Gasteiger charge is -2.20. The summed E-state index contributed by atoms with van der Waals surface area (Å²) in [5.41, 5.74) is 0. The zero-order valence-corrected chi connectivity index (χ0v) is 14.8. The van der Waals surface area contributed by atoms with Crippen LogP contribution in [0, 0.1) is 0 Å². The fourth-order valence-corrected chi connectivity index (χ4v) is 3.80. The van der Waals surface area contributed by atoms with Crippen LogP contribution >= 0.6 is 23.2 Å². The Morgan fingerprint density at radius 3 is 2.48 bits per heavy atom. The van der Waals surface area contributed by atoms with Crippen LogP contribution < -0.4 is 5.32 Å². The average Bonchev–Trinajstić information content (AvgIpc) is 2.47. The number of ether oxygens (including phenoxy) is 1. The molecule has 0 fully saturated rings. The van der Waals surface area contributed by atoms with E-state index in [1.165, 1.54) is 18.2 Å². The van der Waals surface area contributed by atoms with Crippen molar-refractivity contribution in [2.75, 3.05) is 19.7 Å². The fraction of sp³-hybridized carbons (Fsp3) is 0.385. The quantitative estimate of drug-likeness (QED) is 0.814. The Morgan fingerprint density at radius 1 is 1.26 bits per heavy atom.